The number of aromatic amines is 1. The van der Waals surface area contributed by atoms with Gasteiger partial charge in [-0.3, -0.25) is 10.1 Å². The van der Waals surface area contributed by atoms with Crippen LogP contribution in [0.1, 0.15) is 16.3 Å². The number of fused-ring (bicyclic) bond motifs is 1. The fourth-order valence-corrected chi connectivity index (χ4v) is 2.63. The number of amides is 1. The standard InChI is InChI=1S/C11H13N5OS/c1-6-3-13-11(18-6)16-10(17)8-2-7-9(4-12-8)15-5-14-7/h3,5,8,12H,2,4H2,1H3,(H,14,15)(H,13,16,17). The molecule has 3 rings (SSSR count). The highest BCUT2D eigenvalue weighted by molar-refractivity contribution is 7.15. The van der Waals surface area contributed by atoms with E-state index < -0.39 is 0 Å². The first-order valence-electron chi connectivity index (χ1n) is 5.70. The summed E-state index contributed by atoms with van der Waals surface area (Å²) in [6.07, 6.45) is 4.02. The topological polar surface area (TPSA) is 82.7 Å². The molecule has 2 aromatic rings. The average Bonchev–Trinajstić information content (AvgIpc) is 2.96. The van der Waals surface area contributed by atoms with Gasteiger partial charge in [-0.1, -0.05) is 0 Å². The number of aromatic nitrogens is 3. The maximum atomic E-state index is 12.1. The summed E-state index contributed by atoms with van der Waals surface area (Å²) in [5, 5.41) is 6.65. The molecule has 6 nitrogen and oxygen atoms in total. The molecule has 0 saturated heterocycles. The number of aryl methyl sites for hydroxylation is 1. The summed E-state index contributed by atoms with van der Waals surface area (Å²) in [5.74, 6) is -0.0574. The van der Waals surface area contributed by atoms with Gasteiger partial charge in [0.25, 0.3) is 0 Å². The highest BCUT2D eigenvalue weighted by Gasteiger charge is 2.26. The maximum absolute atomic E-state index is 12.1. The zero-order valence-electron chi connectivity index (χ0n) is 9.86. The van der Waals surface area contributed by atoms with Crippen molar-refractivity contribution < 1.29 is 4.79 Å². The van der Waals surface area contributed by atoms with Crippen molar-refractivity contribution in [1.82, 2.24) is 20.3 Å². The molecule has 94 valence electrons. The molecule has 7 heteroatoms. The van der Waals surface area contributed by atoms with E-state index in [1.165, 1.54) is 11.3 Å². The number of thiazole rings is 1. The number of carbonyl (C=O) groups is 1. The number of carbonyl (C=O) groups excluding carboxylic acids is 1. The van der Waals surface area contributed by atoms with E-state index in [9.17, 15) is 4.79 Å². The van der Waals surface area contributed by atoms with Gasteiger partial charge in [-0.05, 0) is 6.92 Å². The Morgan fingerprint density at radius 3 is 3.22 bits per heavy atom. The predicted octanol–water partition coefficient (Wildman–Crippen LogP) is 0.828. The Balaban J connectivity index is 1.67. The van der Waals surface area contributed by atoms with Crippen LogP contribution in [0.3, 0.4) is 0 Å². The van der Waals surface area contributed by atoms with Crippen molar-refractivity contribution in [3.8, 4) is 0 Å². The highest BCUT2D eigenvalue weighted by atomic mass is 32.1. The summed E-state index contributed by atoms with van der Waals surface area (Å²) < 4.78 is 0. The molecule has 0 spiro atoms. The molecule has 0 saturated carbocycles. The van der Waals surface area contributed by atoms with Crippen LogP contribution in [-0.4, -0.2) is 26.9 Å². The van der Waals surface area contributed by atoms with Crippen molar-refractivity contribution >= 4 is 22.4 Å². The Morgan fingerprint density at radius 2 is 2.44 bits per heavy atom. The lowest BCUT2D eigenvalue weighted by Gasteiger charge is -2.21. The zero-order chi connectivity index (χ0) is 12.5. The monoisotopic (exact) mass is 263 g/mol. The number of nitrogens with zero attached hydrogens (tertiary/aromatic N) is 2. The van der Waals surface area contributed by atoms with Crippen LogP contribution in [0.15, 0.2) is 12.5 Å². The van der Waals surface area contributed by atoms with Gasteiger partial charge in [0.15, 0.2) is 5.13 Å². The molecular weight excluding hydrogens is 250 g/mol. The van der Waals surface area contributed by atoms with Crippen LogP contribution in [0.25, 0.3) is 0 Å². The minimum atomic E-state index is -0.245. The second-order valence-electron chi connectivity index (χ2n) is 4.23. The molecule has 18 heavy (non-hydrogen) atoms. The molecule has 1 aliphatic heterocycles. The van der Waals surface area contributed by atoms with Crippen LogP contribution >= 0.6 is 11.3 Å². The summed E-state index contributed by atoms with van der Waals surface area (Å²) in [4.78, 5) is 24.5. The summed E-state index contributed by atoms with van der Waals surface area (Å²) in [6, 6.07) is -0.245. The first-order valence-corrected chi connectivity index (χ1v) is 6.52. The molecular formula is C11H13N5OS. The summed E-state index contributed by atoms with van der Waals surface area (Å²) in [7, 11) is 0. The predicted molar refractivity (Wildman–Crippen MR) is 68.4 cm³/mol. The van der Waals surface area contributed by atoms with Gasteiger partial charge in [-0.25, -0.2) is 9.97 Å². The SMILES string of the molecule is Cc1cnc(NC(=O)C2Cc3nc[nH]c3CN2)s1. The highest BCUT2D eigenvalue weighted by Crippen LogP contribution is 2.18. The first kappa shape index (κ1) is 11.4. The van der Waals surface area contributed by atoms with Crippen LogP contribution in [0, 0.1) is 6.92 Å². The number of hydrogen-bond donors (Lipinski definition) is 3. The van der Waals surface area contributed by atoms with Crippen LogP contribution in [-0.2, 0) is 17.8 Å². The van der Waals surface area contributed by atoms with Crippen molar-refractivity contribution in [1.29, 1.82) is 0 Å². The van der Waals surface area contributed by atoms with Crippen LogP contribution < -0.4 is 10.6 Å². The van der Waals surface area contributed by atoms with E-state index in [2.05, 4.69) is 25.6 Å². The molecule has 1 unspecified atom stereocenters. The zero-order valence-corrected chi connectivity index (χ0v) is 10.7. The van der Waals surface area contributed by atoms with E-state index in [0.717, 1.165) is 16.3 Å². The van der Waals surface area contributed by atoms with Crippen LogP contribution in [0.2, 0.25) is 0 Å². The quantitative estimate of drug-likeness (QED) is 0.749. The largest absolute Gasteiger partial charge is 0.347 e. The Labute approximate surface area is 108 Å². The Hall–Kier alpha value is -1.73. The van der Waals surface area contributed by atoms with Crippen molar-refractivity contribution in [2.45, 2.75) is 25.9 Å². The van der Waals surface area contributed by atoms with Gasteiger partial charge in [-0.2, -0.15) is 0 Å². The molecule has 2 aromatic heterocycles. The third-order valence-corrected chi connectivity index (χ3v) is 3.73. The second-order valence-corrected chi connectivity index (χ2v) is 5.47. The number of rotatable bonds is 2. The van der Waals surface area contributed by atoms with E-state index in [0.29, 0.717) is 18.1 Å². The molecule has 0 bridgehead atoms. The maximum Gasteiger partial charge on any atom is 0.243 e. The molecule has 0 aromatic carbocycles. The number of anilines is 1. The average molecular weight is 263 g/mol. The molecule has 1 amide bonds. The Bertz CT molecular complexity index is 576. The molecule has 1 aliphatic rings. The van der Waals surface area contributed by atoms with Crippen LogP contribution in [0.4, 0.5) is 5.13 Å². The van der Waals surface area contributed by atoms with Crippen molar-refractivity contribution in [2.75, 3.05) is 5.32 Å². The van der Waals surface area contributed by atoms with E-state index in [1.54, 1.807) is 12.5 Å². The van der Waals surface area contributed by atoms with E-state index in [1.807, 2.05) is 6.92 Å². The number of imidazole rings is 1. The normalized spacial score (nSPS) is 18.4. The fraction of sp³-hybridized carbons (Fsp3) is 0.364. The lowest BCUT2D eigenvalue weighted by atomic mass is 10.1. The van der Waals surface area contributed by atoms with Gasteiger partial charge in [0.2, 0.25) is 5.91 Å². The van der Waals surface area contributed by atoms with Crippen molar-refractivity contribution in [2.24, 2.45) is 0 Å². The lowest BCUT2D eigenvalue weighted by Crippen LogP contribution is -2.44. The van der Waals surface area contributed by atoms with Crippen molar-refractivity contribution in [3.05, 3.63) is 28.8 Å². The van der Waals surface area contributed by atoms with Gasteiger partial charge in [0.1, 0.15) is 0 Å². The van der Waals surface area contributed by atoms with E-state index >= 15 is 0 Å². The molecule has 0 aliphatic carbocycles. The third-order valence-electron chi connectivity index (χ3n) is 2.90. The van der Waals surface area contributed by atoms with E-state index in [-0.39, 0.29) is 11.9 Å². The first-order chi connectivity index (χ1) is 8.72. The minimum absolute atomic E-state index is 0.0574. The van der Waals surface area contributed by atoms with Gasteiger partial charge in [0.05, 0.1) is 23.8 Å². The molecule has 0 radical (unpaired) electrons. The van der Waals surface area contributed by atoms with Gasteiger partial charge < -0.3 is 10.3 Å². The number of nitrogens with one attached hydrogen (secondary N) is 3. The van der Waals surface area contributed by atoms with E-state index in [4.69, 9.17) is 0 Å². The molecule has 0 fully saturated rings. The van der Waals surface area contributed by atoms with Gasteiger partial charge in [-0.15, -0.1) is 11.3 Å². The van der Waals surface area contributed by atoms with Gasteiger partial charge in [0, 0.05) is 24.0 Å². The van der Waals surface area contributed by atoms with Gasteiger partial charge >= 0.3 is 0 Å². The minimum Gasteiger partial charge on any atom is -0.347 e. The number of H-pyrrole nitrogens is 1. The fourth-order valence-electron chi connectivity index (χ4n) is 1.96. The number of hydrogen-bond acceptors (Lipinski definition) is 5. The lowest BCUT2D eigenvalue weighted by molar-refractivity contribution is -0.118. The van der Waals surface area contributed by atoms with Crippen molar-refractivity contribution in [3.63, 3.8) is 0 Å². The molecule has 1 atom stereocenters. The molecule has 3 heterocycles. The summed E-state index contributed by atoms with van der Waals surface area (Å²) in [5.41, 5.74) is 2.02. The summed E-state index contributed by atoms with van der Waals surface area (Å²) in [6.45, 7) is 2.60. The third kappa shape index (κ3) is 2.14. The van der Waals surface area contributed by atoms with Crippen LogP contribution in [0.5, 0.6) is 0 Å². The second kappa shape index (κ2) is 4.51. The Morgan fingerprint density at radius 1 is 1.56 bits per heavy atom. The smallest absolute Gasteiger partial charge is 0.243 e. The Kier molecular flexibility index (Phi) is 2.85. The summed E-state index contributed by atoms with van der Waals surface area (Å²) >= 11 is 1.47. The molecule has 3 N–H and O–H groups in total.